The molecule has 0 saturated carbocycles. The highest BCUT2D eigenvalue weighted by molar-refractivity contribution is 7.25. The Morgan fingerprint density at radius 3 is 1.17 bits per heavy atom. The summed E-state index contributed by atoms with van der Waals surface area (Å²) in [6.45, 7) is 0. The summed E-state index contributed by atoms with van der Waals surface area (Å²) >= 11 is 1.86. The summed E-state index contributed by atoms with van der Waals surface area (Å²) in [5, 5.41) is 7.67. The number of hydrogen-bond donors (Lipinski definition) is 0. The Hall–Kier alpha value is -7.98. The van der Waals surface area contributed by atoms with Crippen LogP contribution in [0.1, 0.15) is 0 Å². The van der Waals surface area contributed by atoms with E-state index in [-0.39, 0.29) is 0 Å². The van der Waals surface area contributed by atoms with Crippen LogP contribution in [0.3, 0.4) is 0 Å². The second kappa shape index (κ2) is 14.3. The van der Waals surface area contributed by atoms with E-state index in [4.69, 9.17) is 0 Å². The zero-order chi connectivity index (χ0) is 41.4. The van der Waals surface area contributed by atoms with E-state index in [1.807, 2.05) is 11.3 Å². The molecule has 13 rings (SSSR count). The normalized spacial score (nSPS) is 11.8. The van der Waals surface area contributed by atoms with Crippen molar-refractivity contribution in [2.24, 2.45) is 0 Å². The van der Waals surface area contributed by atoms with Gasteiger partial charge in [0.05, 0.1) is 22.1 Å². The second-order valence-electron chi connectivity index (χ2n) is 16.5. The highest BCUT2D eigenvalue weighted by Crippen LogP contribution is 2.40. The maximum atomic E-state index is 2.42. The summed E-state index contributed by atoms with van der Waals surface area (Å²) in [6.07, 6.45) is 0. The van der Waals surface area contributed by atoms with E-state index in [1.165, 1.54) is 108 Å². The summed E-state index contributed by atoms with van der Waals surface area (Å²) < 4.78 is 7.49. The van der Waals surface area contributed by atoms with E-state index >= 15 is 0 Å². The molecule has 63 heavy (non-hydrogen) atoms. The van der Waals surface area contributed by atoms with E-state index < -0.39 is 0 Å². The molecule has 0 amide bonds. The van der Waals surface area contributed by atoms with Crippen molar-refractivity contribution in [1.82, 2.24) is 9.13 Å². The van der Waals surface area contributed by atoms with Crippen LogP contribution < -0.4 is 0 Å². The van der Waals surface area contributed by atoms with Crippen molar-refractivity contribution in [1.29, 1.82) is 0 Å². The number of nitrogens with zero attached hydrogens (tertiary/aromatic N) is 2. The fraction of sp³-hybridized carbons (Fsp3) is 0. The molecule has 0 unspecified atom stereocenters. The molecule has 3 heteroatoms. The third-order valence-corrected chi connectivity index (χ3v) is 14.0. The molecule has 13 aromatic rings. The molecule has 0 N–H and O–H groups in total. The minimum atomic E-state index is 1.14. The molecule has 294 valence electrons. The zero-order valence-electron chi connectivity index (χ0n) is 34.2. The highest BCUT2D eigenvalue weighted by atomic mass is 32.1. The summed E-state index contributed by atoms with van der Waals surface area (Å²) in [6, 6.07) is 84.7. The average Bonchev–Trinajstić information content (AvgIpc) is 4.01. The number of hydrogen-bond acceptors (Lipinski definition) is 1. The molecule has 0 saturated heterocycles. The predicted octanol–water partition coefficient (Wildman–Crippen LogP) is 16.9. The van der Waals surface area contributed by atoms with Crippen molar-refractivity contribution in [2.75, 3.05) is 0 Å². The topological polar surface area (TPSA) is 9.86 Å². The van der Waals surface area contributed by atoms with Gasteiger partial charge in [-0.15, -0.1) is 11.3 Å². The largest absolute Gasteiger partial charge is 0.309 e. The van der Waals surface area contributed by atoms with Crippen molar-refractivity contribution in [3.8, 4) is 55.9 Å². The molecule has 10 aromatic carbocycles. The first kappa shape index (κ1) is 35.7. The smallest absolute Gasteiger partial charge is 0.0542 e. The molecule has 3 heterocycles. The molecule has 0 aliphatic heterocycles. The van der Waals surface area contributed by atoms with Gasteiger partial charge in [-0.05, 0) is 129 Å². The Morgan fingerprint density at radius 2 is 0.619 bits per heavy atom. The fourth-order valence-electron chi connectivity index (χ4n) is 9.94. The number of thiophene rings is 1. The summed E-state index contributed by atoms with van der Waals surface area (Å²) in [5.74, 6) is 0. The van der Waals surface area contributed by atoms with Crippen LogP contribution in [0.2, 0.25) is 0 Å². The minimum Gasteiger partial charge on any atom is -0.309 e. The van der Waals surface area contributed by atoms with Gasteiger partial charge < -0.3 is 9.13 Å². The molecule has 2 nitrogen and oxygen atoms in total. The first-order chi connectivity index (χ1) is 31.2. The molecule has 0 fully saturated rings. The Balaban J connectivity index is 0.853. The standard InChI is InChI=1S/C60H38N2S/c1-5-25-55-49(21-1)50-22-2-6-26-56(50)62(55)48-30-31-58-53(38-48)51-23-3-7-27-57(51)61(58)47-20-12-19-45(36-47)43-17-10-15-41(34-43)39-13-9-14-40(33-39)42-16-11-18-44(35-42)46-29-32-60-54(37-46)52-24-4-8-28-59(52)63-60/h1-38H. The van der Waals surface area contributed by atoms with Crippen molar-refractivity contribution in [2.45, 2.75) is 0 Å². The molecule has 0 aliphatic carbocycles. The molecule has 0 atom stereocenters. The van der Waals surface area contributed by atoms with Crippen LogP contribution in [-0.4, -0.2) is 9.13 Å². The summed E-state index contributed by atoms with van der Waals surface area (Å²) in [4.78, 5) is 0. The van der Waals surface area contributed by atoms with Crippen molar-refractivity contribution in [3.63, 3.8) is 0 Å². The van der Waals surface area contributed by atoms with Gasteiger partial charge in [0.15, 0.2) is 0 Å². The van der Waals surface area contributed by atoms with Crippen LogP contribution >= 0.6 is 11.3 Å². The van der Waals surface area contributed by atoms with Crippen molar-refractivity contribution in [3.05, 3.63) is 231 Å². The van der Waals surface area contributed by atoms with Crippen molar-refractivity contribution >= 4 is 75.1 Å². The van der Waals surface area contributed by atoms with Crippen LogP contribution in [0.5, 0.6) is 0 Å². The summed E-state index contributed by atoms with van der Waals surface area (Å²) in [7, 11) is 0. The first-order valence-electron chi connectivity index (χ1n) is 21.6. The lowest BCUT2D eigenvalue weighted by molar-refractivity contribution is 1.17. The van der Waals surface area contributed by atoms with Gasteiger partial charge >= 0.3 is 0 Å². The van der Waals surface area contributed by atoms with E-state index in [1.54, 1.807) is 0 Å². The summed E-state index contributed by atoms with van der Waals surface area (Å²) in [5.41, 5.74) is 16.8. The molecule has 3 aromatic heterocycles. The lowest BCUT2D eigenvalue weighted by Crippen LogP contribution is -1.96. The second-order valence-corrected chi connectivity index (χ2v) is 17.6. The van der Waals surface area contributed by atoms with E-state index in [0.29, 0.717) is 0 Å². The maximum Gasteiger partial charge on any atom is 0.0542 e. The number of benzene rings is 10. The molecule has 0 aliphatic rings. The Labute approximate surface area is 368 Å². The van der Waals surface area contributed by atoms with Gasteiger partial charge in [-0.1, -0.05) is 146 Å². The minimum absolute atomic E-state index is 1.14. The van der Waals surface area contributed by atoms with Crippen molar-refractivity contribution < 1.29 is 0 Å². The maximum absolute atomic E-state index is 2.42. The first-order valence-corrected chi connectivity index (χ1v) is 22.4. The van der Waals surface area contributed by atoms with E-state index in [2.05, 4.69) is 240 Å². The molecular weight excluding hydrogens is 781 g/mol. The van der Waals surface area contributed by atoms with Gasteiger partial charge in [0, 0.05) is 53.1 Å². The SMILES string of the molecule is c1cc(-c2cccc(-c3cccc(-n4c5ccccc5c5cc(-n6c7ccccc7c7ccccc76)ccc54)c3)c2)cc(-c2cccc(-c3ccc4sc5ccccc5c4c3)c2)c1. The molecular formula is C60H38N2S. The number of fused-ring (bicyclic) bond motifs is 9. The number of rotatable bonds is 6. The van der Waals surface area contributed by atoms with Crippen LogP contribution in [0, 0.1) is 0 Å². The van der Waals surface area contributed by atoms with Gasteiger partial charge in [0.1, 0.15) is 0 Å². The predicted molar refractivity (Wildman–Crippen MR) is 270 cm³/mol. The average molecular weight is 819 g/mol. The number of para-hydroxylation sites is 3. The quantitative estimate of drug-likeness (QED) is 0.158. The highest BCUT2D eigenvalue weighted by Gasteiger charge is 2.17. The fourth-order valence-corrected chi connectivity index (χ4v) is 11.0. The third kappa shape index (κ3) is 5.85. The van der Waals surface area contributed by atoms with E-state index in [0.717, 1.165) is 11.4 Å². The molecule has 0 spiro atoms. The Kier molecular flexibility index (Phi) is 8.12. The van der Waals surface area contributed by atoms with Gasteiger partial charge in [-0.2, -0.15) is 0 Å². The monoisotopic (exact) mass is 818 g/mol. The Morgan fingerprint density at radius 1 is 0.222 bits per heavy atom. The van der Waals surface area contributed by atoms with Gasteiger partial charge in [-0.25, -0.2) is 0 Å². The number of aromatic nitrogens is 2. The lowest BCUT2D eigenvalue weighted by Gasteiger charge is -2.12. The molecule has 0 radical (unpaired) electrons. The van der Waals surface area contributed by atoms with Crippen LogP contribution in [0.15, 0.2) is 231 Å². The van der Waals surface area contributed by atoms with Gasteiger partial charge in [0.25, 0.3) is 0 Å². The Bertz CT molecular complexity index is 3880. The van der Waals surface area contributed by atoms with Crippen LogP contribution in [-0.2, 0) is 0 Å². The lowest BCUT2D eigenvalue weighted by atomic mass is 9.94. The van der Waals surface area contributed by atoms with Gasteiger partial charge in [-0.3, -0.25) is 0 Å². The van der Waals surface area contributed by atoms with E-state index in [9.17, 15) is 0 Å². The van der Waals surface area contributed by atoms with Crippen LogP contribution in [0.4, 0.5) is 0 Å². The van der Waals surface area contributed by atoms with Crippen LogP contribution in [0.25, 0.3) is 120 Å². The van der Waals surface area contributed by atoms with Gasteiger partial charge in [0.2, 0.25) is 0 Å². The zero-order valence-corrected chi connectivity index (χ0v) is 35.1. The third-order valence-electron chi connectivity index (χ3n) is 12.9. The molecule has 0 bridgehead atoms.